The molecule has 4 heteroatoms. The molecule has 0 heterocycles. The second kappa shape index (κ2) is 6.98. The first-order chi connectivity index (χ1) is 10.5. The van der Waals surface area contributed by atoms with Crippen molar-refractivity contribution in [1.29, 1.82) is 0 Å². The van der Waals surface area contributed by atoms with E-state index in [4.69, 9.17) is 9.47 Å². The molecule has 0 aliphatic heterocycles. The molecule has 1 unspecified atom stereocenters. The molecule has 0 fully saturated rings. The van der Waals surface area contributed by atoms with Crippen molar-refractivity contribution in [3.8, 4) is 22.6 Å². The van der Waals surface area contributed by atoms with Crippen molar-refractivity contribution in [2.45, 2.75) is 26.9 Å². The zero-order chi connectivity index (χ0) is 16.1. The molecule has 2 aromatic carbocycles. The molecule has 0 spiro atoms. The number of phenols is 1. The van der Waals surface area contributed by atoms with Crippen LogP contribution in [0.4, 0.5) is 0 Å². The third-order valence-electron chi connectivity index (χ3n) is 3.32. The van der Waals surface area contributed by atoms with E-state index in [0.29, 0.717) is 12.4 Å². The van der Waals surface area contributed by atoms with Gasteiger partial charge in [0.2, 0.25) is 0 Å². The van der Waals surface area contributed by atoms with Gasteiger partial charge in [-0.05, 0) is 61.7 Å². The van der Waals surface area contributed by atoms with Gasteiger partial charge in [0.25, 0.3) is 0 Å². The molecular formula is C18H20O4. The standard InChI is InChI=1S/C18H20O4/c1-4-21-18(20)13(3)22-16-10-5-12(2)17(11-16)14-6-8-15(19)9-7-14/h5-11,13,19H,4H2,1-3H3. The molecule has 1 N–H and O–H groups in total. The number of rotatable bonds is 5. The van der Waals surface area contributed by atoms with Gasteiger partial charge in [-0.25, -0.2) is 4.79 Å². The summed E-state index contributed by atoms with van der Waals surface area (Å²) in [4.78, 5) is 11.6. The van der Waals surface area contributed by atoms with Gasteiger partial charge in [0.05, 0.1) is 6.61 Å². The summed E-state index contributed by atoms with van der Waals surface area (Å²) in [6, 6.07) is 12.6. The lowest BCUT2D eigenvalue weighted by atomic mass is 10.0. The summed E-state index contributed by atoms with van der Waals surface area (Å²) >= 11 is 0. The van der Waals surface area contributed by atoms with E-state index in [1.807, 2.05) is 37.3 Å². The molecule has 2 aromatic rings. The van der Waals surface area contributed by atoms with Crippen molar-refractivity contribution < 1.29 is 19.4 Å². The molecule has 0 radical (unpaired) electrons. The van der Waals surface area contributed by atoms with Crippen molar-refractivity contribution in [3.63, 3.8) is 0 Å². The van der Waals surface area contributed by atoms with Crippen LogP contribution >= 0.6 is 0 Å². The van der Waals surface area contributed by atoms with Gasteiger partial charge in [0, 0.05) is 0 Å². The van der Waals surface area contributed by atoms with Gasteiger partial charge < -0.3 is 14.6 Å². The lowest BCUT2D eigenvalue weighted by molar-refractivity contribution is -0.150. The molecular weight excluding hydrogens is 280 g/mol. The highest BCUT2D eigenvalue weighted by molar-refractivity contribution is 5.75. The minimum atomic E-state index is -0.657. The van der Waals surface area contributed by atoms with Crippen molar-refractivity contribution in [3.05, 3.63) is 48.0 Å². The van der Waals surface area contributed by atoms with E-state index < -0.39 is 6.10 Å². The maximum Gasteiger partial charge on any atom is 0.347 e. The summed E-state index contributed by atoms with van der Waals surface area (Å²) in [7, 11) is 0. The van der Waals surface area contributed by atoms with Gasteiger partial charge >= 0.3 is 5.97 Å². The Morgan fingerprint density at radius 1 is 1.18 bits per heavy atom. The first kappa shape index (κ1) is 15.9. The van der Waals surface area contributed by atoms with Crippen LogP contribution in [-0.2, 0) is 9.53 Å². The molecule has 0 saturated heterocycles. The molecule has 0 bridgehead atoms. The molecule has 1 atom stereocenters. The van der Waals surface area contributed by atoms with Crippen LogP contribution in [0.3, 0.4) is 0 Å². The fourth-order valence-corrected chi connectivity index (χ4v) is 2.14. The Bertz CT molecular complexity index is 647. The van der Waals surface area contributed by atoms with Crippen LogP contribution in [0.15, 0.2) is 42.5 Å². The number of aryl methyl sites for hydroxylation is 1. The summed E-state index contributed by atoms with van der Waals surface area (Å²) in [5, 5.41) is 9.38. The van der Waals surface area contributed by atoms with E-state index in [1.165, 1.54) is 0 Å². The van der Waals surface area contributed by atoms with Gasteiger partial charge in [-0.15, -0.1) is 0 Å². The van der Waals surface area contributed by atoms with E-state index in [0.717, 1.165) is 16.7 Å². The van der Waals surface area contributed by atoms with Crippen molar-refractivity contribution >= 4 is 5.97 Å². The number of hydrogen-bond donors (Lipinski definition) is 1. The quantitative estimate of drug-likeness (QED) is 0.855. The van der Waals surface area contributed by atoms with Crippen LogP contribution in [0, 0.1) is 6.92 Å². The molecule has 116 valence electrons. The molecule has 4 nitrogen and oxygen atoms in total. The highest BCUT2D eigenvalue weighted by Gasteiger charge is 2.16. The SMILES string of the molecule is CCOC(=O)C(C)Oc1ccc(C)c(-c2ccc(O)cc2)c1. The van der Waals surface area contributed by atoms with E-state index in [9.17, 15) is 9.90 Å². The zero-order valence-electron chi connectivity index (χ0n) is 13.0. The Labute approximate surface area is 130 Å². The Kier molecular flexibility index (Phi) is 5.04. The molecule has 0 amide bonds. The summed E-state index contributed by atoms with van der Waals surface area (Å²) in [5.41, 5.74) is 3.06. The molecule has 0 aromatic heterocycles. The lowest BCUT2D eigenvalue weighted by Gasteiger charge is -2.15. The van der Waals surface area contributed by atoms with E-state index in [1.54, 1.807) is 26.0 Å². The zero-order valence-corrected chi connectivity index (χ0v) is 13.0. The second-order valence-electron chi connectivity index (χ2n) is 5.04. The number of benzene rings is 2. The maximum absolute atomic E-state index is 11.6. The molecule has 0 aliphatic carbocycles. The Morgan fingerprint density at radius 3 is 2.50 bits per heavy atom. The molecule has 0 saturated carbocycles. The van der Waals surface area contributed by atoms with E-state index >= 15 is 0 Å². The maximum atomic E-state index is 11.6. The molecule has 0 aliphatic rings. The van der Waals surface area contributed by atoms with Crippen LogP contribution in [0.25, 0.3) is 11.1 Å². The largest absolute Gasteiger partial charge is 0.508 e. The summed E-state index contributed by atoms with van der Waals surface area (Å²) in [6.45, 7) is 5.76. The average molecular weight is 300 g/mol. The number of carbonyl (C=O) groups is 1. The Morgan fingerprint density at radius 2 is 1.86 bits per heavy atom. The molecule has 2 rings (SSSR count). The third-order valence-corrected chi connectivity index (χ3v) is 3.32. The second-order valence-corrected chi connectivity index (χ2v) is 5.04. The first-order valence-electron chi connectivity index (χ1n) is 7.24. The average Bonchev–Trinajstić information content (AvgIpc) is 2.50. The van der Waals surface area contributed by atoms with Gasteiger partial charge in [0.1, 0.15) is 11.5 Å². The van der Waals surface area contributed by atoms with E-state index in [-0.39, 0.29) is 11.7 Å². The highest BCUT2D eigenvalue weighted by Crippen LogP contribution is 2.29. The van der Waals surface area contributed by atoms with Crippen molar-refractivity contribution in [2.75, 3.05) is 6.61 Å². The number of aromatic hydroxyl groups is 1. The van der Waals surface area contributed by atoms with Gasteiger partial charge in [-0.2, -0.15) is 0 Å². The number of carbonyl (C=O) groups excluding carboxylic acids is 1. The Balaban J connectivity index is 2.23. The predicted molar refractivity (Wildman–Crippen MR) is 85.0 cm³/mol. The summed E-state index contributed by atoms with van der Waals surface area (Å²) < 4.78 is 10.6. The normalized spacial score (nSPS) is 11.8. The van der Waals surface area contributed by atoms with Crippen LogP contribution in [0.2, 0.25) is 0 Å². The number of hydrogen-bond acceptors (Lipinski definition) is 4. The van der Waals surface area contributed by atoms with Crippen molar-refractivity contribution in [1.82, 2.24) is 0 Å². The van der Waals surface area contributed by atoms with Gasteiger partial charge in [-0.3, -0.25) is 0 Å². The lowest BCUT2D eigenvalue weighted by Crippen LogP contribution is -2.26. The van der Waals surface area contributed by atoms with Gasteiger partial charge in [0.15, 0.2) is 6.10 Å². The topological polar surface area (TPSA) is 55.8 Å². The van der Waals surface area contributed by atoms with Gasteiger partial charge in [-0.1, -0.05) is 18.2 Å². The molecule has 22 heavy (non-hydrogen) atoms. The number of esters is 1. The summed E-state index contributed by atoms with van der Waals surface area (Å²) in [6.07, 6.45) is -0.657. The van der Waals surface area contributed by atoms with Crippen LogP contribution < -0.4 is 4.74 Å². The smallest absolute Gasteiger partial charge is 0.347 e. The third kappa shape index (κ3) is 3.79. The Hall–Kier alpha value is -2.49. The van der Waals surface area contributed by atoms with Crippen molar-refractivity contribution in [2.24, 2.45) is 0 Å². The number of phenolic OH excluding ortho intramolecular Hbond substituents is 1. The minimum absolute atomic E-state index is 0.227. The van der Waals surface area contributed by atoms with Crippen LogP contribution in [-0.4, -0.2) is 23.8 Å². The highest BCUT2D eigenvalue weighted by atomic mass is 16.6. The minimum Gasteiger partial charge on any atom is -0.508 e. The predicted octanol–water partition coefficient (Wildman–Crippen LogP) is 3.70. The monoisotopic (exact) mass is 300 g/mol. The fourth-order valence-electron chi connectivity index (χ4n) is 2.14. The van der Waals surface area contributed by atoms with E-state index in [2.05, 4.69) is 0 Å². The van der Waals surface area contributed by atoms with Crippen LogP contribution in [0.1, 0.15) is 19.4 Å². The first-order valence-corrected chi connectivity index (χ1v) is 7.24. The summed E-state index contributed by atoms with van der Waals surface area (Å²) in [5.74, 6) is 0.452. The van der Waals surface area contributed by atoms with Crippen LogP contribution in [0.5, 0.6) is 11.5 Å². The fraction of sp³-hybridized carbons (Fsp3) is 0.278. The number of ether oxygens (including phenoxy) is 2.